The normalized spacial score (nSPS) is 17.1. The highest BCUT2D eigenvalue weighted by Crippen LogP contribution is 2.32. The summed E-state index contributed by atoms with van der Waals surface area (Å²) >= 11 is 6.28. The summed E-state index contributed by atoms with van der Waals surface area (Å²) in [5.74, 6) is 0.738. The summed E-state index contributed by atoms with van der Waals surface area (Å²) < 4.78 is 1.93. The largest absolute Gasteiger partial charge is 0.399 e. The van der Waals surface area contributed by atoms with Gasteiger partial charge in [-0.2, -0.15) is 0 Å². The Bertz CT molecular complexity index is 587. The van der Waals surface area contributed by atoms with Gasteiger partial charge >= 0.3 is 0 Å². The second kappa shape index (κ2) is 5.79. The van der Waals surface area contributed by atoms with E-state index < -0.39 is 0 Å². The standard InChI is InChI=1S/C14H18ClN5/c15-13-9-10(16)7-8-12(13)14-17-18-19-20(14)11-5-3-1-2-4-6-11/h7-9,11H,1-6,16H2. The number of anilines is 1. The molecule has 2 N–H and O–H groups in total. The monoisotopic (exact) mass is 291 g/mol. The van der Waals surface area contributed by atoms with E-state index in [9.17, 15) is 0 Å². The Morgan fingerprint density at radius 3 is 2.60 bits per heavy atom. The van der Waals surface area contributed by atoms with Crippen molar-refractivity contribution in [3.8, 4) is 11.4 Å². The molecule has 2 aromatic rings. The van der Waals surface area contributed by atoms with E-state index >= 15 is 0 Å². The van der Waals surface area contributed by atoms with E-state index in [1.165, 1.54) is 25.7 Å². The van der Waals surface area contributed by atoms with E-state index in [-0.39, 0.29) is 0 Å². The first-order chi connectivity index (χ1) is 9.75. The first kappa shape index (κ1) is 13.4. The molecule has 0 atom stereocenters. The van der Waals surface area contributed by atoms with Crippen molar-refractivity contribution >= 4 is 17.3 Å². The van der Waals surface area contributed by atoms with Crippen molar-refractivity contribution in [3.63, 3.8) is 0 Å². The van der Waals surface area contributed by atoms with Crippen LogP contribution in [0.3, 0.4) is 0 Å². The molecule has 106 valence electrons. The predicted octanol–water partition coefficient (Wildman–Crippen LogP) is 3.47. The predicted molar refractivity (Wildman–Crippen MR) is 79.4 cm³/mol. The van der Waals surface area contributed by atoms with Gasteiger partial charge in [0.05, 0.1) is 11.1 Å². The van der Waals surface area contributed by atoms with Crippen LogP contribution in [-0.4, -0.2) is 20.2 Å². The highest BCUT2D eigenvalue weighted by molar-refractivity contribution is 6.33. The van der Waals surface area contributed by atoms with Gasteiger partial charge in [0.15, 0.2) is 5.82 Å². The molecule has 1 aliphatic rings. The summed E-state index contributed by atoms with van der Waals surface area (Å²) in [5.41, 5.74) is 7.23. The van der Waals surface area contributed by atoms with Gasteiger partial charge in [0.25, 0.3) is 0 Å². The minimum Gasteiger partial charge on any atom is -0.399 e. The van der Waals surface area contributed by atoms with Gasteiger partial charge in [-0.1, -0.05) is 37.3 Å². The summed E-state index contributed by atoms with van der Waals surface area (Å²) in [5, 5.41) is 12.8. The van der Waals surface area contributed by atoms with Gasteiger partial charge in [-0.25, -0.2) is 4.68 Å². The van der Waals surface area contributed by atoms with Gasteiger partial charge in [-0.05, 0) is 41.5 Å². The smallest absolute Gasteiger partial charge is 0.183 e. The maximum Gasteiger partial charge on any atom is 0.183 e. The molecule has 0 spiro atoms. The SMILES string of the molecule is Nc1ccc(-c2nnnn2C2CCCCCC2)c(Cl)c1. The Kier molecular flexibility index (Phi) is 3.87. The van der Waals surface area contributed by atoms with Gasteiger partial charge in [-0.3, -0.25) is 0 Å². The lowest BCUT2D eigenvalue weighted by molar-refractivity contribution is 0.400. The molecular weight excluding hydrogens is 274 g/mol. The number of halogens is 1. The topological polar surface area (TPSA) is 69.6 Å². The number of nitrogen functional groups attached to an aromatic ring is 1. The number of nitrogens with zero attached hydrogens (tertiary/aromatic N) is 4. The molecule has 0 amide bonds. The summed E-state index contributed by atoms with van der Waals surface area (Å²) in [6.07, 6.45) is 7.33. The lowest BCUT2D eigenvalue weighted by Crippen LogP contribution is -2.12. The van der Waals surface area contributed by atoms with Crippen LogP contribution in [0.5, 0.6) is 0 Å². The fourth-order valence-corrected chi connectivity index (χ4v) is 3.11. The quantitative estimate of drug-likeness (QED) is 0.679. The van der Waals surface area contributed by atoms with Crippen molar-refractivity contribution in [2.45, 2.75) is 44.6 Å². The summed E-state index contributed by atoms with van der Waals surface area (Å²) in [4.78, 5) is 0. The third kappa shape index (κ3) is 2.63. The number of rotatable bonds is 2. The average Bonchev–Trinajstić information content (AvgIpc) is 2.74. The minimum absolute atomic E-state index is 0.371. The summed E-state index contributed by atoms with van der Waals surface area (Å²) in [6, 6.07) is 5.82. The van der Waals surface area contributed by atoms with Crippen LogP contribution in [0.4, 0.5) is 5.69 Å². The van der Waals surface area contributed by atoms with Crippen molar-refractivity contribution in [1.29, 1.82) is 0 Å². The van der Waals surface area contributed by atoms with Crippen molar-refractivity contribution in [2.75, 3.05) is 5.73 Å². The van der Waals surface area contributed by atoms with Gasteiger partial charge in [0.2, 0.25) is 0 Å². The van der Waals surface area contributed by atoms with E-state index in [1.54, 1.807) is 6.07 Å². The minimum atomic E-state index is 0.371. The van der Waals surface area contributed by atoms with Crippen molar-refractivity contribution in [1.82, 2.24) is 20.2 Å². The first-order valence-electron chi connectivity index (χ1n) is 7.09. The molecule has 1 saturated carbocycles. The second-order valence-corrected chi connectivity index (χ2v) is 5.74. The molecule has 20 heavy (non-hydrogen) atoms. The molecule has 0 aliphatic heterocycles. The maximum absolute atomic E-state index is 6.28. The molecule has 0 unspecified atom stereocenters. The molecule has 0 radical (unpaired) electrons. The third-order valence-electron chi connectivity index (χ3n) is 3.90. The van der Waals surface area contributed by atoms with Crippen LogP contribution in [0.2, 0.25) is 5.02 Å². The van der Waals surface area contributed by atoms with Crippen LogP contribution in [0.1, 0.15) is 44.6 Å². The van der Waals surface area contributed by atoms with Crippen LogP contribution >= 0.6 is 11.6 Å². The van der Waals surface area contributed by atoms with Gasteiger partial charge in [-0.15, -0.1) is 5.10 Å². The lowest BCUT2D eigenvalue weighted by Gasteiger charge is -2.16. The molecule has 0 saturated heterocycles. The molecule has 1 aliphatic carbocycles. The number of hydrogen-bond acceptors (Lipinski definition) is 4. The number of aromatic nitrogens is 4. The zero-order chi connectivity index (χ0) is 13.9. The van der Waals surface area contributed by atoms with Gasteiger partial charge in [0.1, 0.15) is 0 Å². The molecule has 6 heteroatoms. The average molecular weight is 292 g/mol. The van der Waals surface area contributed by atoms with Crippen molar-refractivity contribution in [2.24, 2.45) is 0 Å². The van der Waals surface area contributed by atoms with Gasteiger partial charge in [0, 0.05) is 11.3 Å². The molecule has 1 aromatic heterocycles. The number of tetrazole rings is 1. The van der Waals surface area contributed by atoms with Crippen LogP contribution in [-0.2, 0) is 0 Å². The zero-order valence-electron chi connectivity index (χ0n) is 11.3. The summed E-state index contributed by atoms with van der Waals surface area (Å²) in [6.45, 7) is 0. The van der Waals surface area contributed by atoms with Crippen molar-refractivity contribution in [3.05, 3.63) is 23.2 Å². The van der Waals surface area contributed by atoms with E-state index in [1.807, 2.05) is 16.8 Å². The van der Waals surface area contributed by atoms with Crippen molar-refractivity contribution < 1.29 is 0 Å². The Morgan fingerprint density at radius 1 is 1.15 bits per heavy atom. The van der Waals surface area contributed by atoms with E-state index in [2.05, 4.69) is 15.5 Å². The van der Waals surface area contributed by atoms with Gasteiger partial charge < -0.3 is 5.73 Å². The first-order valence-corrected chi connectivity index (χ1v) is 7.47. The van der Waals surface area contributed by atoms with Crippen LogP contribution in [0.15, 0.2) is 18.2 Å². The Balaban J connectivity index is 1.96. The maximum atomic E-state index is 6.28. The van der Waals surface area contributed by atoms with E-state index in [4.69, 9.17) is 17.3 Å². The number of hydrogen-bond donors (Lipinski definition) is 1. The second-order valence-electron chi connectivity index (χ2n) is 5.33. The Hall–Kier alpha value is -1.62. The van der Waals surface area contributed by atoms with Crippen LogP contribution in [0.25, 0.3) is 11.4 Å². The zero-order valence-corrected chi connectivity index (χ0v) is 12.1. The molecule has 5 nitrogen and oxygen atoms in total. The Labute approximate surface area is 123 Å². The fourth-order valence-electron chi connectivity index (χ4n) is 2.83. The number of benzene rings is 1. The molecule has 1 heterocycles. The van der Waals surface area contributed by atoms with E-state index in [0.717, 1.165) is 24.2 Å². The lowest BCUT2D eigenvalue weighted by atomic mass is 10.1. The fraction of sp³-hybridized carbons (Fsp3) is 0.500. The molecule has 1 aromatic carbocycles. The van der Waals surface area contributed by atoms with Crippen LogP contribution < -0.4 is 5.73 Å². The highest BCUT2D eigenvalue weighted by Gasteiger charge is 2.21. The molecular formula is C14H18ClN5. The molecule has 0 bridgehead atoms. The third-order valence-corrected chi connectivity index (χ3v) is 4.21. The molecule has 1 fully saturated rings. The highest BCUT2D eigenvalue weighted by atomic mass is 35.5. The number of nitrogens with two attached hydrogens (primary N) is 1. The van der Waals surface area contributed by atoms with Crippen LogP contribution in [0, 0.1) is 0 Å². The summed E-state index contributed by atoms with van der Waals surface area (Å²) in [7, 11) is 0. The molecule has 3 rings (SSSR count). The van der Waals surface area contributed by atoms with E-state index in [0.29, 0.717) is 16.8 Å². The Morgan fingerprint density at radius 2 is 1.90 bits per heavy atom.